The van der Waals surface area contributed by atoms with Gasteiger partial charge in [0.25, 0.3) is 0 Å². The Kier molecular flexibility index (Phi) is 7.28. The van der Waals surface area contributed by atoms with Crippen LogP contribution in [-0.4, -0.2) is 27.7 Å². The number of ether oxygens (including phenoxy) is 2. The number of carboxylic acid groups (broad SMARTS) is 1. The first-order valence-electron chi connectivity index (χ1n) is 11.3. The second-order valence-corrected chi connectivity index (χ2v) is 8.09. The van der Waals surface area contributed by atoms with Crippen LogP contribution in [0.5, 0.6) is 11.5 Å². The Morgan fingerprint density at radius 3 is 2.38 bits per heavy atom. The molecular weight excluding hydrogens is 428 g/mol. The Bertz CT molecular complexity index is 1230. The molecular formula is C28H28N2O4. The smallest absolute Gasteiger partial charge is 0.304 e. The van der Waals surface area contributed by atoms with Crippen molar-refractivity contribution in [3.8, 4) is 22.6 Å². The van der Waals surface area contributed by atoms with E-state index in [2.05, 4.69) is 40.3 Å². The maximum absolute atomic E-state index is 11.4. The topological polar surface area (TPSA) is 84.4 Å². The number of benzene rings is 3. The fourth-order valence-electron chi connectivity index (χ4n) is 3.85. The van der Waals surface area contributed by atoms with E-state index in [-0.39, 0.29) is 12.3 Å². The number of nitrogens with zero attached hydrogens (tertiary/aromatic N) is 1. The lowest BCUT2D eigenvalue weighted by molar-refractivity contribution is -0.137. The average Bonchev–Trinajstić information content (AvgIpc) is 3.28. The lowest BCUT2D eigenvalue weighted by Crippen LogP contribution is -2.09. The second-order valence-electron chi connectivity index (χ2n) is 8.09. The van der Waals surface area contributed by atoms with Crippen LogP contribution in [0, 0.1) is 6.92 Å². The number of aromatic amines is 1. The zero-order valence-electron chi connectivity index (χ0n) is 19.3. The first-order chi connectivity index (χ1) is 16.5. The molecule has 0 saturated carbocycles. The molecule has 1 heterocycles. The highest BCUT2D eigenvalue weighted by Crippen LogP contribution is 2.28. The lowest BCUT2D eigenvalue weighted by atomic mass is 9.95. The highest BCUT2D eigenvalue weighted by atomic mass is 16.5. The Balaban J connectivity index is 1.40. The fraction of sp³-hybridized carbons (Fsp3) is 0.214. The molecule has 0 bridgehead atoms. The number of imidazole rings is 1. The molecule has 3 aromatic carbocycles. The van der Waals surface area contributed by atoms with E-state index in [1.54, 1.807) is 6.20 Å². The maximum Gasteiger partial charge on any atom is 0.304 e. The summed E-state index contributed by atoms with van der Waals surface area (Å²) in [4.78, 5) is 18.9. The molecule has 6 heteroatoms. The average molecular weight is 457 g/mol. The highest BCUT2D eigenvalue weighted by molar-refractivity contribution is 5.69. The number of hydrogen-bond acceptors (Lipinski definition) is 4. The van der Waals surface area contributed by atoms with Crippen LogP contribution in [0.15, 0.2) is 79.0 Å². The van der Waals surface area contributed by atoms with Gasteiger partial charge in [-0.1, -0.05) is 48.5 Å². The molecule has 0 amide bonds. The summed E-state index contributed by atoms with van der Waals surface area (Å²) < 4.78 is 11.5. The molecule has 174 valence electrons. The van der Waals surface area contributed by atoms with Gasteiger partial charge >= 0.3 is 5.97 Å². The van der Waals surface area contributed by atoms with Gasteiger partial charge < -0.3 is 19.6 Å². The first kappa shape index (κ1) is 23.1. The van der Waals surface area contributed by atoms with Crippen molar-refractivity contribution in [3.05, 3.63) is 102 Å². The van der Waals surface area contributed by atoms with Crippen molar-refractivity contribution >= 4 is 5.97 Å². The summed E-state index contributed by atoms with van der Waals surface area (Å²) in [7, 11) is 0. The van der Waals surface area contributed by atoms with Crippen LogP contribution in [0.1, 0.15) is 41.9 Å². The fourth-order valence-corrected chi connectivity index (χ4v) is 3.85. The minimum Gasteiger partial charge on any atom is -0.494 e. The molecule has 6 nitrogen and oxygen atoms in total. The van der Waals surface area contributed by atoms with Crippen molar-refractivity contribution < 1.29 is 19.4 Å². The molecule has 2 N–H and O–H groups in total. The van der Waals surface area contributed by atoms with Crippen LogP contribution in [0.2, 0.25) is 0 Å². The summed E-state index contributed by atoms with van der Waals surface area (Å²) in [6.45, 7) is 4.93. The Labute approximate surface area is 199 Å². The van der Waals surface area contributed by atoms with Gasteiger partial charge in [-0.05, 0) is 60.4 Å². The van der Waals surface area contributed by atoms with Crippen molar-refractivity contribution in [2.24, 2.45) is 0 Å². The number of aryl methyl sites for hydroxylation is 1. The van der Waals surface area contributed by atoms with Gasteiger partial charge in [-0.25, -0.2) is 4.98 Å². The minimum atomic E-state index is -0.868. The zero-order valence-corrected chi connectivity index (χ0v) is 19.3. The van der Waals surface area contributed by atoms with Crippen LogP contribution in [0.3, 0.4) is 0 Å². The molecule has 34 heavy (non-hydrogen) atoms. The van der Waals surface area contributed by atoms with Crippen molar-refractivity contribution in [3.63, 3.8) is 0 Å². The van der Waals surface area contributed by atoms with E-state index >= 15 is 0 Å². The van der Waals surface area contributed by atoms with Crippen LogP contribution in [-0.2, 0) is 11.4 Å². The molecule has 0 aliphatic carbocycles. The number of aliphatic carboxylic acids is 1. The molecule has 0 radical (unpaired) electrons. The molecule has 4 rings (SSSR count). The number of carboxylic acids is 1. The number of carbonyl (C=O) groups is 1. The second kappa shape index (κ2) is 10.7. The van der Waals surface area contributed by atoms with Gasteiger partial charge in [0.05, 0.1) is 24.6 Å². The van der Waals surface area contributed by atoms with E-state index in [0.717, 1.165) is 39.4 Å². The van der Waals surface area contributed by atoms with E-state index in [1.807, 2.05) is 56.3 Å². The van der Waals surface area contributed by atoms with Crippen molar-refractivity contribution in [2.45, 2.75) is 32.8 Å². The van der Waals surface area contributed by atoms with Crippen molar-refractivity contribution in [1.29, 1.82) is 0 Å². The molecule has 0 aliphatic rings. The number of rotatable bonds is 10. The van der Waals surface area contributed by atoms with Crippen LogP contribution in [0.25, 0.3) is 11.1 Å². The zero-order chi connectivity index (χ0) is 23.9. The van der Waals surface area contributed by atoms with E-state index in [0.29, 0.717) is 19.0 Å². The Morgan fingerprint density at radius 2 is 1.74 bits per heavy atom. The standard InChI is InChI=1S/C28H28N2O4/c1-3-33-25-6-4-5-23(15-25)21-9-7-20(8-10-21)18-34-24-13-11-22(12-14-24)26(16-27(31)32)28-29-17-19(2)30-28/h4-15,17,26H,3,16,18H2,1-2H3,(H,29,30)(H,31,32)/t26-/m0/s1. The summed E-state index contributed by atoms with van der Waals surface area (Å²) >= 11 is 0. The van der Waals surface area contributed by atoms with E-state index < -0.39 is 5.97 Å². The number of H-pyrrole nitrogens is 1. The summed E-state index contributed by atoms with van der Waals surface area (Å²) in [5.41, 5.74) is 4.99. The summed E-state index contributed by atoms with van der Waals surface area (Å²) in [6, 6.07) is 23.9. The van der Waals surface area contributed by atoms with Gasteiger partial charge in [-0.3, -0.25) is 4.79 Å². The highest BCUT2D eigenvalue weighted by Gasteiger charge is 2.20. The Morgan fingerprint density at radius 1 is 0.971 bits per heavy atom. The van der Waals surface area contributed by atoms with Crippen LogP contribution >= 0.6 is 0 Å². The number of nitrogens with one attached hydrogen (secondary N) is 1. The molecule has 0 fully saturated rings. The molecule has 0 spiro atoms. The lowest BCUT2D eigenvalue weighted by Gasteiger charge is -2.14. The van der Waals surface area contributed by atoms with Gasteiger partial charge in [-0.2, -0.15) is 0 Å². The molecule has 0 aliphatic heterocycles. The number of aromatic nitrogens is 2. The van der Waals surface area contributed by atoms with Gasteiger partial charge in [0.15, 0.2) is 0 Å². The first-order valence-corrected chi connectivity index (χ1v) is 11.3. The molecule has 1 aromatic heterocycles. The summed E-state index contributed by atoms with van der Waals surface area (Å²) in [6.07, 6.45) is 1.75. The quantitative estimate of drug-likeness (QED) is 0.307. The van der Waals surface area contributed by atoms with Crippen molar-refractivity contribution in [1.82, 2.24) is 9.97 Å². The SMILES string of the molecule is CCOc1cccc(-c2ccc(COc3ccc([C@H](CC(=O)O)c4nc(C)c[nH]4)cc3)cc2)c1. The van der Waals surface area contributed by atoms with E-state index in [9.17, 15) is 9.90 Å². The number of hydrogen-bond donors (Lipinski definition) is 2. The third kappa shape index (κ3) is 5.84. The predicted molar refractivity (Wildman–Crippen MR) is 131 cm³/mol. The summed E-state index contributed by atoms with van der Waals surface area (Å²) in [5.74, 6) is 1.03. The molecule has 0 unspecified atom stereocenters. The monoisotopic (exact) mass is 456 g/mol. The van der Waals surface area contributed by atoms with Crippen LogP contribution < -0.4 is 9.47 Å². The van der Waals surface area contributed by atoms with Gasteiger partial charge in [0, 0.05) is 6.20 Å². The molecule has 1 atom stereocenters. The molecule has 4 aromatic rings. The van der Waals surface area contributed by atoms with E-state index in [1.165, 1.54) is 0 Å². The van der Waals surface area contributed by atoms with Gasteiger partial charge in [0.1, 0.15) is 23.9 Å². The predicted octanol–water partition coefficient (Wildman–Crippen LogP) is 5.97. The third-order valence-corrected chi connectivity index (χ3v) is 5.55. The summed E-state index contributed by atoms with van der Waals surface area (Å²) in [5, 5.41) is 9.34. The minimum absolute atomic E-state index is 0.0347. The maximum atomic E-state index is 11.4. The van der Waals surface area contributed by atoms with Gasteiger partial charge in [-0.15, -0.1) is 0 Å². The normalized spacial score (nSPS) is 11.7. The van der Waals surface area contributed by atoms with E-state index in [4.69, 9.17) is 9.47 Å². The van der Waals surface area contributed by atoms with Gasteiger partial charge in [0.2, 0.25) is 0 Å². The van der Waals surface area contributed by atoms with Crippen molar-refractivity contribution in [2.75, 3.05) is 6.61 Å². The Hall–Kier alpha value is -4.06. The van der Waals surface area contributed by atoms with Crippen LogP contribution in [0.4, 0.5) is 0 Å². The third-order valence-electron chi connectivity index (χ3n) is 5.55. The largest absolute Gasteiger partial charge is 0.494 e. The molecule has 0 saturated heterocycles.